The van der Waals surface area contributed by atoms with E-state index in [4.69, 9.17) is 21.4 Å². The molecular weight excluding hydrogens is 372 g/mol. The van der Waals surface area contributed by atoms with Gasteiger partial charge in [0.1, 0.15) is 11.8 Å². The van der Waals surface area contributed by atoms with Crippen LogP contribution in [0.15, 0.2) is 42.5 Å². The Morgan fingerprint density at radius 3 is 2.59 bits per heavy atom. The molecule has 1 unspecified atom stereocenters. The second kappa shape index (κ2) is 7.67. The number of rotatable bonds is 6. The fourth-order valence-electron chi connectivity index (χ4n) is 2.93. The zero-order valence-corrected chi connectivity index (χ0v) is 15.2. The van der Waals surface area contributed by atoms with E-state index in [0.717, 1.165) is 4.90 Å². The standard InChI is InChI=1S/C19H17ClN2O5/c1-27-16-7-4-12(20)9-15(16)22-17(23)10-14(19(22)26)21-13-5-2-11(3-6-13)8-18(24)25/h2-7,9,14,21H,8,10H2,1H3,(H,24,25). The molecule has 0 saturated carbocycles. The Bertz CT molecular complexity index is 897. The highest BCUT2D eigenvalue weighted by Crippen LogP contribution is 2.35. The molecule has 0 radical (unpaired) electrons. The summed E-state index contributed by atoms with van der Waals surface area (Å²) in [5.74, 6) is -1.31. The molecule has 1 heterocycles. The smallest absolute Gasteiger partial charge is 0.307 e. The van der Waals surface area contributed by atoms with Crippen molar-refractivity contribution < 1.29 is 24.2 Å². The molecule has 2 aromatic carbocycles. The van der Waals surface area contributed by atoms with Crippen molar-refractivity contribution in [2.45, 2.75) is 18.9 Å². The van der Waals surface area contributed by atoms with E-state index in [-0.39, 0.29) is 18.7 Å². The van der Waals surface area contributed by atoms with E-state index in [2.05, 4.69) is 5.32 Å². The van der Waals surface area contributed by atoms with Crippen LogP contribution in [-0.2, 0) is 20.8 Å². The van der Waals surface area contributed by atoms with Crippen LogP contribution in [0, 0.1) is 0 Å². The minimum absolute atomic E-state index is 0.00855. The van der Waals surface area contributed by atoms with Gasteiger partial charge in [-0.2, -0.15) is 0 Å². The van der Waals surface area contributed by atoms with E-state index >= 15 is 0 Å². The van der Waals surface area contributed by atoms with Crippen LogP contribution >= 0.6 is 11.6 Å². The predicted molar refractivity (Wildman–Crippen MR) is 100 cm³/mol. The van der Waals surface area contributed by atoms with Gasteiger partial charge in [0.2, 0.25) is 5.91 Å². The second-order valence-corrected chi connectivity index (χ2v) is 6.49. The number of anilines is 2. The van der Waals surface area contributed by atoms with Crippen molar-refractivity contribution in [1.82, 2.24) is 0 Å². The minimum Gasteiger partial charge on any atom is -0.495 e. The fourth-order valence-corrected chi connectivity index (χ4v) is 3.10. The first kappa shape index (κ1) is 18.7. The van der Waals surface area contributed by atoms with Gasteiger partial charge in [-0.15, -0.1) is 0 Å². The molecule has 27 heavy (non-hydrogen) atoms. The lowest BCUT2D eigenvalue weighted by Gasteiger charge is -2.19. The monoisotopic (exact) mass is 388 g/mol. The molecule has 0 spiro atoms. The van der Waals surface area contributed by atoms with Crippen molar-refractivity contribution >= 4 is 40.8 Å². The summed E-state index contributed by atoms with van der Waals surface area (Å²) in [6.07, 6.45) is -0.0885. The summed E-state index contributed by atoms with van der Waals surface area (Å²) in [5.41, 5.74) is 1.57. The van der Waals surface area contributed by atoms with E-state index < -0.39 is 17.9 Å². The summed E-state index contributed by atoms with van der Waals surface area (Å²) >= 11 is 6.00. The van der Waals surface area contributed by atoms with Gasteiger partial charge in [-0.1, -0.05) is 23.7 Å². The number of aliphatic carboxylic acids is 1. The molecule has 2 amide bonds. The molecule has 7 nitrogen and oxygen atoms in total. The summed E-state index contributed by atoms with van der Waals surface area (Å²) in [4.78, 5) is 37.0. The van der Waals surface area contributed by atoms with Crippen molar-refractivity contribution in [3.8, 4) is 5.75 Å². The number of carboxylic acid groups (broad SMARTS) is 1. The third-order valence-corrected chi connectivity index (χ3v) is 4.41. The van der Waals surface area contributed by atoms with Crippen LogP contribution < -0.4 is 15.0 Å². The zero-order chi connectivity index (χ0) is 19.6. The summed E-state index contributed by atoms with van der Waals surface area (Å²) in [7, 11) is 1.45. The quantitative estimate of drug-likeness (QED) is 0.739. The van der Waals surface area contributed by atoms with Gasteiger partial charge in [0.05, 0.1) is 25.6 Å². The first-order valence-electron chi connectivity index (χ1n) is 8.16. The van der Waals surface area contributed by atoms with Gasteiger partial charge < -0.3 is 15.2 Å². The number of hydrogen-bond donors (Lipinski definition) is 2. The molecular formula is C19H17ClN2O5. The van der Waals surface area contributed by atoms with Crippen LogP contribution in [0.2, 0.25) is 5.02 Å². The highest BCUT2D eigenvalue weighted by molar-refractivity contribution is 6.31. The molecule has 140 valence electrons. The molecule has 8 heteroatoms. The molecule has 0 aromatic heterocycles. The lowest BCUT2D eigenvalue weighted by molar-refractivity contribution is -0.136. The third kappa shape index (κ3) is 4.03. The maximum atomic E-state index is 12.8. The topological polar surface area (TPSA) is 95.9 Å². The molecule has 2 N–H and O–H groups in total. The Balaban J connectivity index is 1.78. The van der Waals surface area contributed by atoms with Crippen molar-refractivity contribution in [2.75, 3.05) is 17.3 Å². The SMILES string of the molecule is COc1ccc(Cl)cc1N1C(=O)CC(Nc2ccc(CC(=O)O)cc2)C1=O. The summed E-state index contributed by atoms with van der Waals surface area (Å²) in [6, 6.07) is 10.7. The maximum Gasteiger partial charge on any atom is 0.307 e. The van der Waals surface area contributed by atoms with Crippen LogP contribution in [-0.4, -0.2) is 36.0 Å². The van der Waals surface area contributed by atoms with Crippen molar-refractivity contribution in [2.24, 2.45) is 0 Å². The highest BCUT2D eigenvalue weighted by atomic mass is 35.5. The molecule has 1 aliphatic rings. The second-order valence-electron chi connectivity index (χ2n) is 6.05. The van der Waals surface area contributed by atoms with Crippen molar-refractivity contribution in [3.63, 3.8) is 0 Å². The Morgan fingerprint density at radius 2 is 1.96 bits per heavy atom. The first-order chi connectivity index (χ1) is 12.9. The number of carboxylic acids is 1. The average molecular weight is 389 g/mol. The fraction of sp³-hybridized carbons (Fsp3) is 0.211. The average Bonchev–Trinajstić information content (AvgIpc) is 2.89. The number of benzene rings is 2. The summed E-state index contributed by atoms with van der Waals surface area (Å²) < 4.78 is 5.23. The molecule has 1 aliphatic heterocycles. The molecule has 0 aliphatic carbocycles. The van der Waals surface area contributed by atoms with E-state index in [1.54, 1.807) is 36.4 Å². The van der Waals surface area contributed by atoms with Crippen molar-refractivity contribution in [3.05, 3.63) is 53.1 Å². The van der Waals surface area contributed by atoms with Gasteiger partial charge in [-0.05, 0) is 35.9 Å². The Hall–Kier alpha value is -3.06. The third-order valence-electron chi connectivity index (χ3n) is 4.18. The number of ether oxygens (including phenoxy) is 1. The van der Waals surface area contributed by atoms with Crippen LogP contribution in [0.25, 0.3) is 0 Å². The number of halogens is 1. The summed E-state index contributed by atoms with van der Waals surface area (Å²) in [5, 5.41) is 12.2. The van der Waals surface area contributed by atoms with Crippen LogP contribution in [0.1, 0.15) is 12.0 Å². The van der Waals surface area contributed by atoms with Crippen molar-refractivity contribution in [1.29, 1.82) is 0 Å². The predicted octanol–water partition coefficient (Wildman–Crippen LogP) is 2.72. The molecule has 1 atom stereocenters. The number of nitrogens with zero attached hydrogens (tertiary/aromatic N) is 1. The van der Waals surface area contributed by atoms with E-state index in [9.17, 15) is 14.4 Å². The van der Waals surface area contributed by atoms with Gasteiger partial charge in [0.25, 0.3) is 5.91 Å². The van der Waals surface area contributed by atoms with Gasteiger partial charge in [0, 0.05) is 10.7 Å². The van der Waals surface area contributed by atoms with Gasteiger partial charge in [0.15, 0.2) is 0 Å². The Kier molecular flexibility index (Phi) is 5.32. The van der Waals surface area contributed by atoms with E-state index in [0.29, 0.717) is 27.7 Å². The number of amides is 2. The van der Waals surface area contributed by atoms with Gasteiger partial charge in [-0.25, -0.2) is 4.90 Å². The molecule has 0 bridgehead atoms. The normalized spacial score (nSPS) is 16.5. The number of carbonyl (C=O) groups is 3. The number of hydrogen-bond acceptors (Lipinski definition) is 5. The Morgan fingerprint density at radius 1 is 1.26 bits per heavy atom. The van der Waals surface area contributed by atoms with Crippen LogP contribution in [0.5, 0.6) is 5.75 Å². The highest BCUT2D eigenvalue weighted by Gasteiger charge is 2.40. The Labute approximate surface area is 160 Å². The van der Waals surface area contributed by atoms with Gasteiger partial charge >= 0.3 is 5.97 Å². The number of nitrogens with one attached hydrogen (secondary N) is 1. The van der Waals surface area contributed by atoms with E-state index in [1.807, 2.05) is 0 Å². The number of carbonyl (C=O) groups excluding carboxylic acids is 2. The van der Waals surface area contributed by atoms with Crippen LogP contribution in [0.3, 0.4) is 0 Å². The minimum atomic E-state index is -0.918. The maximum absolute atomic E-state index is 12.8. The zero-order valence-electron chi connectivity index (χ0n) is 14.4. The molecule has 1 saturated heterocycles. The summed E-state index contributed by atoms with van der Waals surface area (Å²) in [6.45, 7) is 0. The van der Waals surface area contributed by atoms with Crippen LogP contribution in [0.4, 0.5) is 11.4 Å². The first-order valence-corrected chi connectivity index (χ1v) is 8.54. The largest absolute Gasteiger partial charge is 0.495 e. The lowest BCUT2D eigenvalue weighted by Crippen LogP contribution is -2.35. The number of imide groups is 1. The van der Waals surface area contributed by atoms with Gasteiger partial charge in [-0.3, -0.25) is 14.4 Å². The molecule has 1 fully saturated rings. The van der Waals surface area contributed by atoms with E-state index in [1.165, 1.54) is 13.2 Å². The lowest BCUT2D eigenvalue weighted by atomic mass is 10.1. The molecule has 2 aromatic rings. The number of methoxy groups -OCH3 is 1. The molecule has 3 rings (SSSR count).